The molecule has 3 aliphatic heterocycles. The van der Waals surface area contributed by atoms with Crippen LogP contribution in [0.15, 0.2) is 36.1 Å². The van der Waals surface area contributed by atoms with Crippen LogP contribution < -0.4 is 0 Å². The minimum absolute atomic E-state index is 0.208. The molecule has 0 saturated carbocycles. The molecule has 1 N–H and O–H groups in total. The summed E-state index contributed by atoms with van der Waals surface area (Å²) < 4.78 is 10.6. The van der Waals surface area contributed by atoms with Gasteiger partial charge in [0, 0.05) is 41.5 Å². The van der Waals surface area contributed by atoms with Crippen LogP contribution in [0.2, 0.25) is 0 Å². The lowest BCUT2D eigenvalue weighted by Crippen LogP contribution is -2.49. The predicted molar refractivity (Wildman–Crippen MR) is 94.0 cm³/mol. The Morgan fingerprint density at radius 2 is 2.24 bits per heavy atom. The summed E-state index contributed by atoms with van der Waals surface area (Å²) in [7, 11) is 1.44. The Kier molecular flexibility index (Phi) is 3.38. The lowest BCUT2D eigenvalue weighted by molar-refractivity contribution is -0.138. The molecule has 130 valence electrons. The molecule has 3 atom stereocenters. The van der Waals surface area contributed by atoms with Gasteiger partial charge in [-0.25, -0.2) is 4.79 Å². The quantitative estimate of drug-likeness (QED) is 0.813. The molecule has 2 unspecified atom stereocenters. The third-order valence-corrected chi connectivity index (χ3v) is 6.13. The Morgan fingerprint density at radius 1 is 1.36 bits per heavy atom. The highest BCUT2D eigenvalue weighted by atomic mass is 16.5. The number of aromatic amines is 1. The number of para-hydroxylation sites is 1. The summed E-state index contributed by atoms with van der Waals surface area (Å²) >= 11 is 0. The van der Waals surface area contributed by atoms with Crippen molar-refractivity contribution < 1.29 is 14.3 Å². The zero-order valence-electron chi connectivity index (χ0n) is 14.3. The summed E-state index contributed by atoms with van der Waals surface area (Å²) in [5.74, 6) is 0.317. The van der Waals surface area contributed by atoms with E-state index >= 15 is 0 Å². The van der Waals surface area contributed by atoms with Crippen LogP contribution in [0.5, 0.6) is 0 Å². The van der Waals surface area contributed by atoms with Crippen LogP contribution in [0.25, 0.3) is 10.9 Å². The van der Waals surface area contributed by atoms with Crippen LogP contribution in [0.3, 0.4) is 0 Å². The number of benzene rings is 1. The smallest absolute Gasteiger partial charge is 0.337 e. The van der Waals surface area contributed by atoms with Crippen molar-refractivity contribution in [2.24, 2.45) is 11.8 Å². The number of hydrogen-bond acceptors (Lipinski definition) is 4. The number of fused-ring (bicyclic) bond motifs is 6. The first-order chi connectivity index (χ1) is 12.3. The minimum atomic E-state index is -0.254. The molecule has 0 amide bonds. The first-order valence-corrected chi connectivity index (χ1v) is 8.99. The van der Waals surface area contributed by atoms with Crippen LogP contribution in [0.4, 0.5) is 0 Å². The lowest BCUT2D eigenvalue weighted by Gasteiger charge is -2.47. The number of rotatable bonds is 1. The summed E-state index contributed by atoms with van der Waals surface area (Å²) in [6.07, 6.45) is 3.64. The molecule has 0 aliphatic carbocycles. The van der Waals surface area contributed by atoms with Gasteiger partial charge >= 0.3 is 5.97 Å². The molecule has 1 aromatic heterocycles. The molecule has 4 heterocycles. The molecule has 0 radical (unpaired) electrons. The highest BCUT2D eigenvalue weighted by molar-refractivity contribution is 5.89. The third kappa shape index (κ3) is 2.22. The van der Waals surface area contributed by atoms with Crippen molar-refractivity contribution in [2.75, 3.05) is 26.8 Å². The standard InChI is InChI=1S/C20H22N2O3/c1-24-20(23)16-11-25-10-12-9-22-7-6-14-13-4-2-3-5-17(13)21-19(14)18(22)8-15(12)16/h2-5,11-12,15,18,21H,6-10H2,1H3/t12-,15?,18?/m1/s1. The molecular formula is C20H22N2O3. The topological polar surface area (TPSA) is 54.6 Å². The fourth-order valence-corrected chi connectivity index (χ4v) is 4.93. The average molecular weight is 338 g/mol. The second-order valence-corrected chi connectivity index (χ2v) is 7.32. The monoisotopic (exact) mass is 338 g/mol. The maximum absolute atomic E-state index is 12.2. The molecule has 3 aliphatic rings. The van der Waals surface area contributed by atoms with Gasteiger partial charge in [-0.2, -0.15) is 0 Å². The largest absolute Gasteiger partial charge is 0.500 e. The van der Waals surface area contributed by atoms with Crippen molar-refractivity contribution in [1.82, 2.24) is 9.88 Å². The van der Waals surface area contributed by atoms with E-state index in [1.54, 1.807) is 6.26 Å². The molecule has 1 aromatic carbocycles. The maximum Gasteiger partial charge on any atom is 0.337 e. The fourth-order valence-electron chi connectivity index (χ4n) is 4.93. The van der Waals surface area contributed by atoms with Gasteiger partial charge in [0.2, 0.25) is 0 Å². The molecule has 1 saturated heterocycles. The lowest BCUT2D eigenvalue weighted by atomic mass is 9.74. The van der Waals surface area contributed by atoms with Gasteiger partial charge < -0.3 is 14.5 Å². The molecule has 1 fully saturated rings. The highest BCUT2D eigenvalue weighted by Crippen LogP contribution is 2.46. The summed E-state index contributed by atoms with van der Waals surface area (Å²) in [5, 5.41) is 1.34. The summed E-state index contributed by atoms with van der Waals surface area (Å²) in [6.45, 7) is 2.73. The molecule has 5 nitrogen and oxygen atoms in total. The molecule has 2 aromatic rings. The number of methoxy groups -OCH3 is 1. The Balaban J connectivity index is 1.54. The SMILES string of the molecule is COC(=O)C1=COC[C@H]2CN3CCc4c([nH]c5ccccc45)C3CC12. The molecular weight excluding hydrogens is 316 g/mol. The van der Waals surface area contributed by atoms with Crippen LogP contribution in [0, 0.1) is 11.8 Å². The van der Waals surface area contributed by atoms with E-state index in [1.807, 2.05) is 0 Å². The number of ether oxygens (including phenoxy) is 2. The third-order valence-electron chi connectivity index (χ3n) is 6.13. The summed E-state index contributed by atoms with van der Waals surface area (Å²) in [5.41, 5.74) is 4.70. The van der Waals surface area contributed by atoms with Crippen LogP contribution in [0.1, 0.15) is 23.7 Å². The Hall–Kier alpha value is -2.27. The van der Waals surface area contributed by atoms with Gasteiger partial charge in [0.05, 0.1) is 31.6 Å². The Bertz CT molecular complexity index is 869. The van der Waals surface area contributed by atoms with Crippen molar-refractivity contribution >= 4 is 16.9 Å². The summed E-state index contributed by atoms with van der Waals surface area (Å²) in [6, 6.07) is 8.88. The van der Waals surface area contributed by atoms with Gasteiger partial charge in [-0.3, -0.25) is 4.90 Å². The van der Waals surface area contributed by atoms with Crippen molar-refractivity contribution in [3.05, 3.63) is 47.4 Å². The van der Waals surface area contributed by atoms with E-state index in [9.17, 15) is 4.79 Å². The van der Waals surface area contributed by atoms with E-state index in [2.05, 4.69) is 34.1 Å². The molecule has 0 bridgehead atoms. The number of carbonyl (C=O) groups excluding carboxylic acids is 1. The number of esters is 1. The number of aromatic nitrogens is 1. The first-order valence-electron chi connectivity index (χ1n) is 8.99. The molecule has 25 heavy (non-hydrogen) atoms. The van der Waals surface area contributed by atoms with E-state index in [-0.39, 0.29) is 11.9 Å². The zero-order chi connectivity index (χ0) is 17.0. The van der Waals surface area contributed by atoms with Crippen molar-refractivity contribution in [1.29, 1.82) is 0 Å². The van der Waals surface area contributed by atoms with Gasteiger partial charge in [-0.1, -0.05) is 18.2 Å². The van der Waals surface area contributed by atoms with Crippen molar-refractivity contribution in [3.8, 4) is 0 Å². The van der Waals surface area contributed by atoms with E-state index in [0.29, 0.717) is 24.1 Å². The highest BCUT2D eigenvalue weighted by Gasteiger charge is 2.44. The minimum Gasteiger partial charge on any atom is -0.500 e. The normalized spacial score (nSPS) is 28.4. The van der Waals surface area contributed by atoms with Crippen LogP contribution in [-0.2, 0) is 20.7 Å². The number of hydrogen-bond donors (Lipinski definition) is 1. The zero-order valence-corrected chi connectivity index (χ0v) is 14.3. The Morgan fingerprint density at radius 3 is 3.12 bits per heavy atom. The number of nitrogens with zero attached hydrogens (tertiary/aromatic N) is 1. The molecule has 5 rings (SSSR count). The number of nitrogens with one attached hydrogen (secondary N) is 1. The van der Waals surface area contributed by atoms with Gasteiger partial charge in [-0.05, 0) is 24.5 Å². The molecule has 0 spiro atoms. The predicted octanol–water partition coefficient (Wildman–Crippen LogP) is 2.79. The van der Waals surface area contributed by atoms with Gasteiger partial charge in [-0.15, -0.1) is 0 Å². The van der Waals surface area contributed by atoms with E-state index < -0.39 is 0 Å². The first kappa shape index (κ1) is 15.0. The Labute approximate surface area is 146 Å². The average Bonchev–Trinajstić information content (AvgIpc) is 3.04. The number of carbonyl (C=O) groups is 1. The van der Waals surface area contributed by atoms with E-state index in [1.165, 1.54) is 29.3 Å². The van der Waals surface area contributed by atoms with Crippen LogP contribution >= 0.6 is 0 Å². The van der Waals surface area contributed by atoms with Gasteiger partial charge in [0.1, 0.15) is 0 Å². The number of piperidine rings is 1. The molecule has 5 heteroatoms. The maximum atomic E-state index is 12.2. The summed E-state index contributed by atoms with van der Waals surface area (Å²) in [4.78, 5) is 18.4. The number of H-pyrrole nitrogens is 1. The van der Waals surface area contributed by atoms with Crippen molar-refractivity contribution in [2.45, 2.75) is 18.9 Å². The van der Waals surface area contributed by atoms with Crippen molar-refractivity contribution in [3.63, 3.8) is 0 Å². The fraction of sp³-hybridized carbons (Fsp3) is 0.450. The second-order valence-electron chi connectivity index (χ2n) is 7.32. The van der Waals surface area contributed by atoms with E-state index in [4.69, 9.17) is 9.47 Å². The second kappa shape index (κ2) is 5.63. The van der Waals surface area contributed by atoms with Crippen LogP contribution in [-0.4, -0.2) is 42.7 Å². The van der Waals surface area contributed by atoms with Gasteiger partial charge in [0.25, 0.3) is 0 Å². The van der Waals surface area contributed by atoms with E-state index in [0.717, 1.165) is 25.9 Å². The van der Waals surface area contributed by atoms with Gasteiger partial charge in [0.15, 0.2) is 0 Å².